The van der Waals surface area contributed by atoms with Crippen molar-refractivity contribution in [1.82, 2.24) is 5.32 Å². The van der Waals surface area contributed by atoms with Gasteiger partial charge in [0.2, 0.25) is 0 Å². The van der Waals surface area contributed by atoms with Crippen molar-refractivity contribution < 1.29 is 14.3 Å². The van der Waals surface area contributed by atoms with E-state index in [0.29, 0.717) is 18.8 Å². The molecule has 0 unspecified atom stereocenters. The highest BCUT2D eigenvalue weighted by Crippen LogP contribution is 2.16. The lowest BCUT2D eigenvalue weighted by atomic mass is 10.1. The van der Waals surface area contributed by atoms with Crippen molar-refractivity contribution in [3.05, 3.63) is 35.9 Å². The van der Waals surface area contributed by atoms with Crippen LogP contribution in [0.4, 0.5) is 10.5 Å². The van der Waals surface area contributed by atoms with Gasteiger partial charge in [0, 0.05) is 18.3 Å². The van der Waals surface area contributed by atoms with Crippen LogP contribution in [-0.4, -0.2) is 25.2 Å². The van der Waals surface area contributed by atoms with Gasteiger partial charge in [-0.3, -0.25) is 0 Å². The second-order valence-corrected chi connectivity index (χ2v) is 4.43. The molecule has 114 valence electrons. The van der Waals surface area contributed by atoms with Crippen molar-refractivity contribution in [2.24, 2.45) is 0 Å². The zero-order valence-corrected chi connectivity index (χ0v) is 12.5. The molecular formula is C16H22N2O3. The maximum atomic E-state index is 11.5. The van der Waals surface area contributed by atoms with Gasteiger partial charge in [-0.05, 0) is 31.1 Å². The number of benzene rings is 1. The van der Waals surface area contributed by atoms with Crippen molar-refractivity contribution in [2.75, 3.05) is 18.5 Å². The van der Waals surface area contributed by atoms with E-state index in [1.54, 1.807) is 12.1 Å². The average molecular weight is 290 g/mol. The fraction of sp³-hybridized carbons (Fsp3) is 0.375. The van der Waals surface area contributed by atoms with Crippen LogP contribution in [0.3, 0.4) is 0 Å². The first kappa shape index (κ1) is 16.8. The molecular weight excluding hydrogens is 268 g/mol. The number of hydrogen-bond acceptors (Lipinski definition) is 3. The molecule has 5 heteroatoms. The monoisotopic (exact) mass is 290 g/mol. The van der Waals surface area contributed by atoms with Gasteiger partial charge in [-0.25, -0.2) is 9.59 Å². The van der Waals surface area contributed by atoms with Crippen LogP contribution in [0, 0.1) is 0 Å². The first-order chi connectivity index (χ1) is 10.2. The Bertz CT molecular complexity index is 498. The van der Waals surface area contributed by atoms with Crippen molar-refractivity contribution in [3.63, 3.8) is 0 Å². The summed E-state index contributed by atoms with van der Waals surface area (Å²) < 4.78 is 5.04. The summed E-state index contributed by atoms with van der Waals surface area (Å²) >= 11 is 0. The summed E-state index contributed by atoms with van der Waals surface area (Å²) in [6, 6.07) is 6.97. The van der Waals surface area contributed by atoms with Crippen molar-refractivity contribution >= 4 is 23.8 Å². The summed E-state index contributed by atoms with van der Waals surface area (Å²) in [7, 11) is 0. The summed E-state index contributed by atoms with van der Waals surface area (Å²) in [6.45, 7) is 4.86. The van der Waals surface area contributed by atoms with E-state index in [-0.39, 0.29) is 12.0 Å². The van der Waals surface area contributed by atoms with E-state index in [0.717, 1.165) is 18.4 Å². The van der Waals surface area contributed by atoms with Gasteiger partial charge in [0.25, 0.3) is 0 Å². The number of urea groups is 1. The third-order valence-corrected chi connectivity index (χ3v) is 2.69. The zero-order chi connectivity index (χ0) is 15.5. The van der Waals surface area contributed by atoms with Gasteiger partial charge in [-0.2, -0.15) is 0 Å². The molecule has 0 fully saturated rings. The Morgan fingerprint density at radius 1 is 1.24 bits per heavy atom. The maximum Gasteiger partial charge on any atom is 0.330 e. The molecule has 0 saturated heterocycles. The number of hydrogen-bond donors (Lipinski definition) is 2. The molecule has 1 aromatic rings. The predicted molar refractivity (Wildman–Crippen MR) is 84.0 cm³/mol. The van der Waals surface area contributed by atoms with Gasteiger partial charge in [0.15, 0.2) is 0 Å². The van der Waals surface area contributed by atoms with Gasteiger partial charge in [-0.1, -0.05) is 31.5 Å². The lowest BCUT2D eigenvalue weighted by Gasteiger charge is -2.08. The molecule has 0 radical (unpaired) electrons. The minimum absolute atomic E-state index is 0.274. The standard InChI is InChI=1S/C16H22N2O3/c1-3-5-12-21-15(19)11-10-13-8-6-7-9-14(13)18-16(20)17-4-2/h6-11H,3-5,12H2,1-2H3,(H2,17,18,20)/b11-10+. The number of rotatable bonds is 7. The lowest BCUT2D eigenvalue weighted by Crippen LogP contribution is -2.28. The van der Waals surface area contributed by atoms with Gasteiger partial charge in [0.05, 0.1) is 6.61 Å². The Morgan fingerprint density at radius 3 is 2.71 bits per heavy atom. The minimum Gasteiger partial charge on any atom is -0.463 e. The number of nitrogens with one attached hydrogen (secondary N) is 2. The molecule has 0 heterocycles. The largest absolute Gasteiger partial charge is 0.463 e. The molecule has 21 heavy (non-hydrogen) atoms. The van der Waals surface area contributed by atoms with E-state index in [9.17, 15) is 9.59 Å². The Morgan fingerprint density at radius 2 is 2.00 bits per heavy atom. The summed E-state index contributed by atoms with van der Waals surface area (Å²) in [4.78, 5) is 23.1. The van der Waals surface area contributed by atoms with E-state index < -0.39 is 0 Å². The Labute approximate surface area is 125 Å². The summed E-state index contributed by atoms with van der Waals surface area (Å²) in [5.74, 6) is -0.378. The molecule has 0 aliphatic heterocycles. The molecule has 0 aliphatic carbocycles. The van der Waals surface area contributed by atoms with Crippen LogP contribution in [0.5, 0.6) is 0 Å². The number of carbonyl (C=O) groups is 2. The quantitative estimate of drug-likeness (QED) is 0.460. The van der Waals surface area contributed by atoms with Gasteiger partial charge >= 0.3 is 12.0 Å². The molecule has 1 rings (SSSR count). The molecule has 0 atom stereocenters. The zero-order valence-electron chi connectivity index (χ0n) is 12.5. The normalized spacial score (nSPS) is 10.4. The third-order valence-electron chi connectivity index (χ3n) is 2.69. The Hall–Kier alpha value is -2.30. The van der Waals surface area contributed by atoms with E-state index in [2.05, 4.69) is 10.6 Å². The topological polar surface area (TPSA) is 67.4 Å². The van der Waals surface area contributed by atoms with Gasteiger partial charge in [-0.15, -0.1) is 0 Å². The van der Waals surface area contributed by atoms with Crippen molar-refractivity contribution in [3.8, 4) is 0 Å². The minimum atomic E-state index is -0.378. The molecule has 2 amide bonds. The first-order valence-corrected chi connectivity index (χ1v) is 7.16. The number of para-hydroxylation sites is 1. The molecule has 2 N–H and O–H groups in total. The Balaban J connectivity index is 2.65. The van der Waals surface area contributed by atoms with Gasteiger partial charge in [0.1, 0.15) is 0 Å². The second kappa shape index (κ2) is 9.58. The molecule has 1 aromatic carbocycles. The van der Waals surface area contributed by atoms with Crippen LogP contribution in [0.25, 0.3) is 6.08 Å². The molecule has 5 nitrogen and oxygen atoms in total. The van der Waals surface area contributed by atoms with Crippen molar-refractivity contribution in [2.45, 2.75) is 26.7 Å². The Kier molecular flexibility index (Phi) is 7.64. The number of amides is 2. The van der Waals surface area contributed by atoms with Crippen LogP contribution >= 0.6 is 0 Å². The molecule has 0 aromatic heterocycles. The SMILES string of the molecule is CCCCOC(=O)/C=C/c1ccccc1NC(=O)NCC. The number of anilines is 1. The smallest absolute Gasteiger partial charge is 0.330 e. The number of unbranched alkanes of at least 4 members (excludes halogenated alkanes) is 1. The van der Waals surface area contributed by atoms with E-state index in [1.807, 2.05) is 32.0 Å². The summed E-state index contributed by atoms with van der Waals surface area (Å²) in [5.41, 5.74) is 1.39. The van der Waals surface area contributed by atoms with Gasteiger partial charge < -0.3 is 15.4 Å². The van der Waals surface area contributed by atoms with Crippen LogP contribution in [-0.2, 0) is 9.53 Å². The summed E-state index contributed by atoms with van der Waals surface area (Å²) in [6.07, 6.45) is 4.84. The van der Waals surface area contributed by atoms with Crippen LogP contribution < -0.4 is 10.6 Å². The highest BCUT2D eigenvalue weighted by atomic mass is 16.5. The summed E-state index contributed by atoms with van der Waals surface area (Å²) in [5, 5.41) is 5.39. The number of esters is 1. The molecule has 0 bridgehead atoms. The van der Waals surface area contributed by atoms with Crippen molar-refractivity contribution in [1.29, 1.82) is 0 Å². The van der Waals surface area contributed by atoms with E-state index >= 15 is 0 Å². The fourth-order valence-corrected chi connectivity index (χ4v) is 1.61. The fourth-order valence-electron chi connectivity index (χ4n) is 1.61. The van der Waals surface area contributed by atoms with Crippen LogP contribution in [0.2, 0.25) is 0 Å². The van der Waals surface area contributed by atoms with E-state index in [4.69, 9.17) is 4.74 Å². The third kappa shape index (κ3) is 6.61. The average Bonchev–Trinajstić information content (AvgIpc) is 2.47. The van der Waals surface area contributed by atoms with Crippen LogP contribution in [0.15, 0.2) is 30.3 Å². The highest BCUT2D eigenvalue weighted by Gasteiger charge is 2.04. The second-order valence-electron chi connectivity index (χ2n) is 4.43. The van der Waals surface area contributed by atoms with E-state index in [1.165, 1.54) is 6.08 Å². The highest BCUT2D eigenvalue weighted by molar-refractivity contribution is 5.93. The number of carbonyl (C=O) groups excluding carboxylic acids is 2. The molecule has 0 saturated carbocycles. The molecule has 0 spiro atoms. The molecule has 0 aliphatic rings. The van der Waals surface area contributed by atoms with Crippen LogP contribution in [0.1, 0.15) is 32.3 Å². The lowest BCUT2D eigenvalue weighted by molar-refractivity contribution is -0.137. The predicted octanol–water partition coefficient (Wildman–Crippen LogP) is 3.18. The number of ether oxygens (including phenoxy) is 1. The first-order valence-electron chi connectivity index (χ1n) is 7.16. The maximum absolute atomic E-state index is 11.5.